The molecule has 0 N–H and O–H groups in total. The number of hydrogen-bond donors (Lipinski definition) is 0. The van der Waals surface area contributed by atoms with Crippen molar-refractivity contribution in [1.29, 1.82) is 0 Å². The Labute approximate surface area is 206 Å². The molecule has 2 aliphatic rings. The molecular weight excluding hydrogens is 450 g/mol. The van der Waals surface area contributed by atoms with Gasteiger partial charge >= 0.3 is 0 Å². The molecule has 2 fully saturated rings. The van der Waals surface area contributed by atoms with Crippen LogP contribution in [0.4, 0.5) is 5.69 Å². The summed E-state index contributed by atoms with van der Waals surface area (Å²) in [7, 11) is 0. The van der Waals surface area contributed by atoms with Crippen LogP contribution in [0.2, 0.25) is 5.02 Å². The Morgan fingerprint density at radius 1 is 1.06 bits per heavy atom. The fourth-order valence-corrected chi connectivity index (χ4v) is 4.92. The van der Waals surface area contributed by atoms with E-state index < -0.39 is 5.79 Å². The Kier molecular flexibility index (Phi) is 7.38. The first kappa shape index (κ1) is 23.2. The number of imidazole rings is 1. The Bertz CT molecular complexity index is 1040. The highest BCUT2D eigenvalue weighted by molar-refractivity contribution is 6.30. The number of aromatic nitrogens is 2. The van der Waals surface area contributed by atoms with Crippen LogP contribution in [0.3, 0.4) is 0 Å². The van der Waals surface area contributed by atoms with Crippen molar-refractivity contribution in [3.63, 3.8) is 0 Å². The zero-order valence-corrected chi connectivity index (χ0v) is 20.2. The van der Waals surface area contributed by atoms with Crippen molar-refractivity contribution >= 4 is 17.3 Å². The highest BCUT2D eigenvalue weighted by Crippen LogP contribution is 2.34. The van der Waals surface area contributed by atoms with Crippen LogP contribution >= 0.6 is 11.6 Å². The van der Waals surface area contributed by atoms with Gasteiger partial charge in [-0.3, -0.25) is 0 Å². The molecule has 2 saturated heterocycles. The molecule has 0 spiro atoms. The molecule has 0 amide bonds. The van der Waals surface area contributed by atoms with Gasteiger partial charge in [-0.25, -0.2) is 4.98 Å². The molecule has 3 heterocycles. The number of nitrogens with zero attached hydrogens (tertiary/aromatic N) is 3. The molecule has 1 aromatic heterocycles. The lowest BCUT2D eigenvalue weighted by Crippen LogP contribution is -2.37. The zero-order chi connectivity index (χ0) is 23.2. The van der Waals surface area contributed by atoms with Gasteiger partial charge in [0.15, 0.2) is 5.79 Å². The second-order valence-corrected chi connectivity index (χ2v) is 9.59. The van der Waals surface area contributed by atoms with Gasteiger partial charge in [0.05, 0.1) is 25.2 Å². The predicted molar refractivity (Wildman–Crippen MR) is 134 cm³/mol. The third kappa shape index (κ3) is 5.74. The van der Waals surface area contributed by atoms with E-state index in [2.05, 4.69) is 40.2 Å². The molecule has 3 aromatic rings. The Morgan fingerprint density at radius 3 is 2.68 bits per heavy atom. The summed E-state index contributed by atoms with van der Waals surface area (Å²) >= 11 is 6.05. The summed E-state index contributed by atoms with van der Waals surface area (Å²) in [4.78, 5) is 6.61. The highest BCUT2D eigenvalue weighted by Gasteiger charge is 2.42. The van der Waals surface area contributed by atoms with Crippen molar-refractivity contribution < 1.29 is 14.2 Å². The van der Waals surface area contributed by atoms with E-state index in [4.69, 9.17) is 25.8 Å². The van der Waals surface area contributed by atoms with Gasteiger partial charge in [0.2, 0.25) is 0 Å². The SMILES string of the molecule is Clc1ccc(CC[C@]2(Cn3ccnc3)OC[C@@H](COc3ccccc3N3CCCCC3)O2)cc1. The molecule has 0 saturated carbocycles. The number of ether oxygens (including phenoxy) is 3. The van der Waals surface area contributed by atoms with Gasteiger partial charge in [-0.2, -0.15) is 0 Å². The molecule has 2 aromatic carbocycles. The molecule has 180 valence electrons. The van der Waals surface area contributed by atoms with Crippen molar-refractivity contribution in [2.45, 2.75) is 50.5 Å². The zero-order valence-electron chi connectivity index (χ0n) is 19.4. The maximum Gasteiger partial charge on any atom is 0.187 e. The van der Waals surface area contributed by atoms with Gasteiger partial charge in [-0.15, -0.1) is 0 Å². The molecule has 2 aliphatic heterocycles. The van der Waals surface area contributed by atoms with Crippen molar-refractivity contribution in [2.75, 3.05) is 31.2 Å². The number of hydrogen-bond acceptors (Lipinski definition) is 5. The fourth-order valence-electron chi connectivity index (χ4n) is 4.79. The summed E-state index contributed by atoms with van der Waals surface area (Å²) in [6.45, 7) is 3.71. The third-order valence-electron chi connectivity index (χ3n) is 6.59. The first-order valence-corrected chi connectivity index (χ1v) is 12.6. The second kappa shape index (κ2) is 10.8. The smallest absolute Gasteiger partial charge is 0.187 e. The van der Waals surface area contributed by atoms with E-state index in [0.717, 1.165) is 36.7 Å². The maximum absolute atomic E-state index is 6.54. The van der Waals surface area contributed by atoms with E-state index in [1.807, 2.05) is 29.0 Å². The topological polar surface area (TPSA) is 48.8 Å². The van der Waals surface area contributed by atoms with Crippen LogP contribution in [0.5, 0.6) is 5.75 Å². The molecule has 34 heavy (non-hydrogen) atoms. The molecule has 0 unspecified atom stereocenters. The molecule has 0 aliphatic carbocycles. The molecule has 6 nitrogen and oxygen atoms in total. The van der Waals surface area contributed by atoms with Crippen molar-refractivity contribution in [2.24, 2.45) is 0 Å². The molecule has 2 atom stereocenters. The van der Waals surface area contributed by atoms with Crippen LogP contribution in [0.25, 0.3) is 0 Å². The minimum atomic E-state index is -0.721. The monoisotopic (exact) mass is 481 g/mol. The van der Waals surface area contributed by atoms with E-state index in [9.17, 15) is 0 Å². The average Bonchev–Trinajstić information content (AvgIpc) is 3.54. The summed E-state index contributed by atoms with van der Waals surface area (Å²) < 4.78 is 21.2. The van der Waals surface area contributed by atoms with Gasteiger partial charge in [0.1, 0.15) is 18.5 Å². The Morgan fingerprint density at radius 2 is 1.88 bits per heavy atom. The van der Waals surface area contributed by atoms with Crippen molar-refractivity contribution in [3.8, 4) is 5.75 Å². The summed E-state index contributed by atoms with van der Waals surface area (Å²) in [6.07, 6.45) is 10.7. The van der Waals surface area contributed by atoms with Gasteiger partial charge in [0.25, 0.3) is 0 Å². The Hall–Kier alpha value is -2.54. The van der Waals surface area contributed by atoms with E-state index in [0.29, 0.717) is 19.8 Å². The summed E-state index contributed by atoms with van der Waals surface area (Å²) in [6, 6.07) is 16.3. The summed E-state index contributed by atoms with van der Waals surface area (Å²) in [5.41, 5.74) is 2.38. The van der Waals surface area contributed by atoms with Crippen molar-refractivity contribution in [3.05, 3.63) is 77.8 Å². The van der Waals surface area contributed by atoms with Gasteiger partial charge in [0, 0.05) is 36.9 Å². The van der Waals surface area contributed by atoms with E-state index in [1.165, 1.54) is 30.5 Å². The van der Waals surface area contributed by atoms with Crippen LogP contribution < -0.4 is 9.64 Å². The fraction of sp³-hybridized carbons (Fsp3) is 0.444. The number of anilines is 1. The Balaban J connectivity index is 1.24. The lowest BCUT2D eigenvalue weighted by Gasteiger charge is -2.30. The van der Waals surface area contributed by atoms with Gasteiger partial charge in [-0.1, -0.05) is 35.9 Å². The molecule has 0 bridgehead atoms. The van der Waals surface area contributed by atoms with E-state index >= 15 is 0 Å². The number of aryl methyl sites for hydroxylation is 1. The normalized spacial score (nSPS) is 22.7. The average molecular weight is 482 g/mol. The number of para-hydroxylation sites is 2. The highest BCUT2D eigenvalue weighted by atomic mass is 35.5. The molecular formula is C27H32ClN3O3. The second-order valence-electron chi connectivity index (χ2n) is 9.15. The first-order valence-electron chi connectivity index (χ1n) is 12.2. The van der Waals surface area contributed by atoms with Crippen molar-refractivity contribution in [1.82, 2.24) is 9.55 Å². The first-order chi connectivity index (χ1) is 16.7. The van der Waals surface area contributed by atoms with Gasteiger partial charge in [-0.05, 0) is 55.5 Å². The molecule has 5 rings (SSSR count). The molecule has 7 heteroatoms. The standard InChI is InChI=1S/C27H32ClN3O3/c28-23-10-8-22(9-11-23)12-13-27(20-30-17-14-29-21-30)33-19-24(34-27)18-32-26-7-3-2-6-25(26)31-15-4-1-5-16-31/h2-3,6-11,14,17,21,24H,1,4-5,12-13,15-16,18-20H2/t24-,27+/m1/s1. The quantitative estimate of drug-likeness (QED) is 0.412. The summed E-state index contributed by atoms with van der Waals surface area (Å²) in [5, 5.41) is 0.743. The van der Waals surface area contributed by atoms with Gasteiger partial charge < -0.3 is 23.7 Å². The number of halogens is 1. The van der Waals surface area contributed by atoms with Crippen LogP contribution in [0, 0.1) is 0 Å². The number of rotatable bonds is 9. The predicted octanol–water partition coefficient (Wildman–Crippen LogP) is 5.35. The van der Waals surface area contributed by atoms with Crippen LogP contribution in [-0.4, -0.2) is 47.7 Å². The maximum atomic E-state index is 6.54. The summed E-state index contributed by atoms with van der Waals surface area (Å²) in [5.74, 6) is 0.196. The van der Waals surface area contributed by atoms with Crippen LogP contribution in [-0.2, 0) is 22.4 Å². The van der Waals surface area contributed by atoms with Crippen LogP contribution in [0.1, 0.15) is 31.2 Å². The largest absolute Gasteiger partial charge is 0.489 e. The third-order valence-corrected chi connectivity index (χ3v) is 6.84. The van der Waals surface area contributed by atoms with E-state index in [1.54, 1.807) is 12.5 Å². The van der Waals surface area contributed by atoms with Crippen LogP contribution in [0.15, 0.2) is 67.3 Å². The lowest BCUT2D eigenvalue weighted by molar-refractivity contribution is -0.184. The minimum absolute atomic E-state index is 0.136. The van der Waals surface area contributed by atoms with E-state index in [-0.39, 0.29) is 6.10 Å². The minimum Gasteiger partial charge on any atom is -0.489 e. The number of benzene rings is 2. The molecule has 0 radical (unpaired) electrons. The number of piperidine rings is 1. The lowest BCUT2D eigenvalue weighted by atomic mass is 10.0.